The molecule has 0 N–H and O–H groups in total. The Labute approximate surface area is 189 Å². The molecule has 4 heterocycles. The van der Waals surface area contributed by atoms with Gasteiger partial charge in [-0.15, -0.1) is 0 Å². The van der Waals surface area contributed by atoms with Crippen LogP contribution in [0.1, 0.15) is 0 Å². The van der Waals surface area contributed by atoms with E-state index in [2.05, 4.69) is 9.97 Å². The van der Waals surface area contributed by atoms with E-state index in [1.54, 1.807) is 48.8 Å². The van der Waals surface area contributed by atoms with Gasteiger partial charge in [0.2, 0.25) is 0 Å². The van der Waals surface area contributed by atoms with E-state index in [-0.39, 0.29) is 0 Å². The van der Waals surface area contributed by atoms with E-state index >= 15 is 0 Å². The first kappa shape index (κ1) is 23.3. The summed E-state index contributed by atoms with van der Waals surface area (Å²) in [5.41, 5.74) is 2.53. The summed E-state index contributed by atoms with van der Waals surface area (Å²) in [5, 5.41) is 22.7. The van der Waals surface area contributed by atoms with Crippen molar-refractivity contribution in [3.8, 4) is 22.8 Å². The Hall–Kier alpha value is -2.93. The number of pyridine rings is 4. The zero-order chi connectivity index (χ0) is 21.8. The molecule has 154 valence electrons. The minimum atomic E-state index is -0.750. The second-order valence-electron chi connectivity index (χ2n) is 5.50. The first-order chi connectivity index (χ1) is 14.5. The van der Waals surface area contributed by atoms with Gasteiger partial charge in [-0.05, 0) is 36.4 Å². The Morgan fingerprint density at radius 2 is 0.967 bits per heavy atom. The van der Waals surface area contributed by atoms with Gasteiger partial charge in [0, 0.05) is 36.7 Å². The van der Waals surface area contributed by atoms with Crippen molar-refractivity contribution in [1.82, 2.24) is 9.97 Å². The third kappa shape index (κ3) is 7.83. The fourth-order valence-corrected chi connectivity index (χ4v) is 2.28. The largest absolute Gasteiger partial charge is 0.618 e. The number of halogens is 3. The molecule has 0 aliphatic heterocycles. The van der Waals surface area contributed by atoms with Crippen LogP contribution in [0.15, 0.2) is 97.6 Å². The fraction of sp³-hybridized carbons (Fsp3) is 0.0476. The highest BCUT2D eigenvalue weighted by molar-refractivity contribution is 6.63. The van der Waals surface area contributed by atoms with Gasteiger partial charge in [-0.25, -0.2) is 0 Å². The fourth-order valence-electron chi connectivity index (χ4n) is 2.28. The molecular weight excluding hydrogens is 447 g/mol. The van der Waals surface area contributed by atoms with Crippen molar-refractivity contribution < 1.29 is 9.46 Å². The van der Waals surface area contributed by atoms with Gasteiger partial charge in [0.05, 0.1) is 11.4 Å². The number of rotatable bonds is 2. The average molecular weight is 464 g/mol. The van der Waals surface area contributed by atoms with Gasteiger partial charge in [0.1, 0.15) is 0 Å². The Morgan fingerprint density at radius 3 is 1.27 bits per heavy atom. The van der Waals surface area contributed by atoms with Crippen LogP contribution in [0.3, 0.4) is 0 Å². The van der Waals surface area contributed by atoms with Crippen molar-refractivity contribution in [2.45, 2.75) is 4.30 Å². The lowest BCUT2D eigenvalue weighted by Crippen LogP contribution is -2.36. The van der Waals surface area contributed by atoms with E-state index in [1.165, 1.54) is 12.4 Å². The first-order valence-corrected chi connectivity index (χ1v) is 9.91. The zero-order valence-corrected chi connectivity index (χ0v) is 17.8. The van der Waals surface area contributed by atoms with Gasteiger partial charge >= 0.3 is 0 Å². The van der Waals surface area contributed by atoms with Gasteiger partial charge in [0.15, 0.2) is 16.7 Å². The molecule has 0 aromatic carbocycles. The summed E-state index contributed by atoms with van der Waals surface area (Å²) >= 11 is 14.4. The highest BCUT2D eigenvalue weighted by Crippen LogP contribution is 2.11. The van der Waals surface area contributed by atoms with E-state index in [4.69, 9.17) is 34.8 Å². The maximum atomic E-state index is 11.3. The Kier molecular flexibility index (Phi) is 9.80. The standard InChI is InChI=1S/C10H8N2O2.C10H8N2.CHCl3/c13-11-7-3-1-5-9(11)10-6-2-4-8-12(10)14;1-3-7-11-9(5-1)10-6-2-4-8-12-10;2-1(3)4/h1-8H;1-8H;1H. The molecule has 0 amide bonds. The van der Waals surface area contributed by atoms with Crippen molar-refractivity contribution in [3.05, 3.63) is 108 Å². The molecule has 0 unspecified atom stereocenters. The highest BCUT2D eigenvalue weighted by Gasteiger charge is 2.15. The van der Waals surface area contributed by atoms with Crippen molar-refractivity contribution in [3.63, 3.8) is 0 Å². The van der Waals surface area contributed by atoms with Crippen LogP contribution in [0.5, 0.6) is 0 Å². The van der Waals surface area contributed by atoms with Gasteiger partial charge in [-0.1, -0.05) is 46.9 Å². The molecule has 4 rings (SSSR count). The summed E-state index contributed by atoms with van der Waals surface area (Å²) in [5.74, 6) is 0. The Morgan fingerprint density at radius 1 is 0.600 bits per heavy atom. The molecule has 4 aromatic rings. The molecule has 0 spiro atoms. The predicted octanol–water partition coefficient (Wildman–Crippen LogP) is 4.75. The van der Waals surface area contributed by atoms with Crippen LogP contribution in [0.2, 0.25) is 0 Å². The molecule has 0 saturated carbocycles. The summed E-state index contributed by atoms with van der Waals surface area (Å²) in [4.78, 5) is 8.37. The minimum Gasteiger partial charge on any atom is -0.618 e. The quantitative estimate of drug-likeness (QED) is 0.244. The van der Waals surface area contributed by atoms with Crippen molar-refractivity contribution in [1.29, 1.82) is 0 Å². The first-order valence-electron chi connectivity index (χ1n) is 8.60. The van der Waals surface area contributed by atoms with Gasteiger partial charge in [-0.2, -0.15) is 9.46 Å². The van der Waals surface area contributed by atoms with E-state index in [1.807, 2.05) is 36.4 Å². The molecule has 0 radical (unpaired) electrons. The summed E-state index contributed by atoms with van der Waals surface area (Å²) in [6.07, 6.45) is 6.26. The smallest absolute Gasteiger partial charge is 0.289 e. The zero-order valence-electron chi connectivity index (χ0n) is 15.6. The molecule has 0 fully saturated rings. The molecule has 30 heavy (non-hydrogen) atoms. The summed E-state index contributed by atoms with van der Waals surface area (Å²) in [6, 6.07) is 21.5. The SMILES string of the molecule is ClC(Cl)Cl.[O-][n+]1ccccc1-c1cccc[n+]1[O-].c1ccc(-c2ccccn2)nc1. The maximum absolute atomic E-state index is 11.3. The second kappa shape index (κ2) is 12.6. The van der Waals surface area contributed by atoms with Gasteiger partial charge in [-0.3, -0.25) is 9.97 Å². The molecule has 9 heteroatoms. The third-order valence-electron chi connectivity index (χ3n) is 3.50. The van der Waals surface area contributed by atoms with E-state index in [0.717, 1.165) is 11.4 Å². The number of hydrogen-bond donors (Lipinski definition) is 0. The minimum absolute atomic E-state index is 0.350. The van der Waals surface area contributed by atoms with Crippen molar-refractivity contribution in [2.24, 2.45) is 0 Å². The molecule has 0 aliphatic rings. The molecule has 4 aromatic heterocycles. The third-order valence-corrected chi connectivity index (χ3v) is 3.50. The average Bonchev–Trinajstić information content (AvgIpc) is 2.76. The highest BCUT2D eigenvalue weighted by atomic mass is 35.6. The molecular formula is C21H17Cl3N4O2. The molecule has 0 aliphatic carbocycles. The van der Waals surface area contributed by atoms with Crippen LogP contribution >= 0.6 is 34.8 Å². The van der Waals surface area contributed by atoms with Gasteiger partial charge in [0.25, 0.3) is 11.4 Å². The second-order valence-corrected chi connectivity index (χ2v) is 7.48. The lowest BCUT2D eigenvalue weighted by atomic mass is 10.2. The predicted molar refractivity (Wildman–Crippen MR) is 119 cm³/mol. The van der Waals surface area contributed by atoms with Crippen molar-refractivity contribution >= 4 is 34.8 Å². The normalized spacial score (nSPS) is 9.73. The number of aromatic nitrogens is 4. The van der Waals surface area contributed by atoms with Crippen LogP contribution in [0, 0.1) is 10.4 Å². The van der Waals surface area contributed by atoms with E-state index < -0.39 is 4.30 Å². The summed E-state index contributed by atoms with van der Waals surface area (Å²) in [6.45, 7) is 0. The number of hydrogen-bond acceptors (Lipinski definition) is 4. The lowest BCUT2D eigenvalue weighted by molar-refractivity contribution is -0.625. The molecule has 6 nitrogen and oxygen atoms in total. The van der Waals surface area contributed by atoms with Crippen molar-refractivity contribution in [2.75, 3.05) is 0 Å². The number of nitrogens with zero attached hydrogens (tertiary/aromatic N) is 4. The summed E-state index contributed by atoms with van der Waals surface area (Å²) in [7, 11) is 0. The monoisotopic (exact) mass is 462 g/mol. The van der Waals surface area contributed by atoms with Crippen LogP contribution in [0.25, 0.3) is 22.8 Å². The molecule has 0 saturated heterocycles. The van der Waals surface area contributed by atoms with E-state index in [9.17, 15) is 10.4 Å². The molecule has 0 bridgehead atoms. The summed E-state index contributed by atoms with van der Waals surface area (Å²) < 4.78 is 0.591. The number of alkyl halides is 3. The van der Waals surface area contributed by atoms with Crippen LogP contribution in [0.4, 0.5) is 0 Å². The topological polar surface area (TPSA) is 79.7 Å². The maximum Gasteiger partial charge on any atom is 0.289 e. The Balaban J connectivity index is 0.000000183. The molecule has 0 atom stereocenters. The van der Waals surface area contributed by atoms with Gasteiger partial charge < -0.3 is 10.4 Å². The van der Waals surface area contributed by atoms with Crippen LogP contribution < -0.4 is 9.46 Å². The Bertz CT molecular complexity index is 939. The van der Waals surface area contributed by atoms with Crippen LogP contribution in [-0.4, -0.2) is 14.3 Å². The lowest BCUT2D eigenvalue weighted by Gasteiger charge is -2.03. The van der Waals surface area contributed by atoms with E-state index in [0.29, 0.717) is 20.8 Å². The van der Waals surface area contributed by atoms with Crippen LogP contribution in [-0.2, 0) is 0 Å².